The highest BCUT2D eigenvalue weighted by Gasteiger charge is 2.29. The Balaban J connectivity index is 1.27. The number of ether oxygens (including phenoxy) is 5. The number of carbonyl (C=O) groups excluding carboxylic acids is 2. The van der Waals surface area contributed by atoms with Gasteiger partial charge in [0.05, 0.1) is 5.56 Å². The minimum Gasteiger partial charge on any atom is -0.476 e. The largest absolute Gasteiger partial charge is 0.476 e. The molecule has 0 aromatic heterocycles. The number of fused-ring (bicyclic) bond motifs is 2. The molecule has 2 heterocycles. The van der Waals surface area contributed by atoms with Crippen LogP contribution < -0.4 is 23.7 Å². The van der Waals surface area contributed by atoms with E-state index in [2.05, 4.69) is 4.74 Å². The van der Waals surface area contributed by atoms with E-state index in [0.29, 0.717) is 17.1 Å². The Hall–Kier alpha value is -4.61. The number of ketones is 1. The number of rotatable bonds is 5. The third-order valence-corrected chi connectivity index (χ3v) is 5.07. The second-order valence-electron chi connectivity index (χ2n) is 7.37. The Bertz CT molecular complexity index is 1440. The van der Waals surface area contributed by atoms with Gasteiger partial charge in [-0.2, -0.15) is 8.78 Å². The summed E-state index contributed by atoms with van der Waals surface area (Å²) in [6.45, 7) is -1.09. The van der Waals surface area contributed by atoms with Crippen LogP contribution in [0.2, 0.25) is 0 Å². The Kier molecular flexibility index (Phi) is 5.71. The van der Waals surface area contributed by atoms with Crippen molar-refractivity contribution in [1.29, 1.82) is 0 Å². The topological polar surface area (TPSA) is 80.3 Å². The van der Waals surface area contributed by atoms with Gasteiger partial charge in [-0.15, -0.1) is 0 Å². The van der Waals surface area contributed by atoms with E-state index in [1.165, 1.54) is 24.3 Å². The van der Waals surface area contributed by atoms with E-state index >= 15 is 0 Å². The lowest BCUT2D eigenvalue weighted by Gasteiger charge is -2.10. The Morgan fingerprint density at radius 1 is 0.861 bits per heavy atom. The number of hydrogen-bond acceptors (Lipinski definition) is 7. The number of halogens is 5. The molecule has 3 aromatic rings. The highest BCUT2D eigenvalue weighted by molar-refractivity contribution is 6.14. The number of benzene rings is 3. The summed E-state index contributed by atoms with van der Waals surface area (Å²) < 4.78 is 92.4. The molecule has 7 nitrogen and oxygen atoms in total. The summed E-state index contributed by atoms with van der Waals surface area (Å²) in [6.07, 6.45) is 1.48. The molecular formula is C24H11F5O7. The average Bonchev–Trinajstić information content (AvgIpc) is 3.45. The van der Waals surface area contributed by atoms with Gasteiger partial charge >= 0.3 is 5.97 Å². The maximum absolute atomic E-state index is 13.7. The Morgan fingerprint density at radius 3 is 2.31 bits per heavy atom. The van der Waals surface area contributed by atoms with Crippen LogP contribution in [-0.2, 0) is 4.79 Å². The second-order valence-corrected chi connectivity index (χ2v) is 7.37. The minimum atomic E-state index is -2.36. The first-order chi connectivity index (χ1) is 17.2. The van der Waals surface area contributed by atoms with Crippen LogP contribution in [-0.4, -0.2) is 25.2 Å². The number of esters is 1. The molecule has 3 aromatic carbocycles. The summed E-state index contributed by atoms with van der Waals surface area (Å²) in [4.78, 5) is 24.6. The van der Waals surface area contributed by atoms with Crippen LogP contribution in [0.25, 0.3) is 6.08 Å². The van der Waals surface area contributed by atoms with Crippen LogP contribution in [0.4, 0.5) is 22.0 Å². The van der Waals surface area contributed by atoms with E-state index in [9.17, 15) is 31.5 Å². The lowest BCUT2D eigenvalue weighted by molar-refractivity contribution is -0.136. The van der Waals surface area contributed by atoms with E-state index in [-0.39, 0.29) is 29.6 Å². The van der Waals surface area contributed by atoms with E-state index in [1.54, 1.807) is 18.2 Å². The van der Waals surface area contributed by atoms with Crippen LogP contribution >= 0.6 is 0 Å². The van der Waals surface area contributed by atoms with Gasteiger partial charge in [0, 0.05) is 6.07 Å². The lowest BCUT2D eigenvalue weighted by Crippen LogP contribution is -2.19. The molecule has 0 spiro atoms. The molecule has 12 heteroatoms. The zero-order valence-electron chi connectivity index (χ0n) is 17.7. The summed E-state index contributed by atoms with van der Waals surface area (Å²) in [7, 11) is 0. The van der Waals surface area contributed by atoms with Crippen LogP contribution in [0.15, 0.2) is 42.2 Å². The molecule has 184 valence electrons. The standard InChI is InChI=1S/C24H11F5O7/c25-18-19(26)21(28)24(22(29)20(18)27)32-8-17(30)35-11-2-3-12-14(7-11)36-16(23(12)31)6-10-1-4-13-15(5-10)34-9-33-13/h1-7H,8-9H2/b16-6-. The first-order valence-corrected chi connectivity index (χ1v) is 10.1. The molecule has 0 aliphatic carbocycles. The van der Waals surface area contributed by atoms with Crippen molar-refractivity contribution in [3.63, 3.8) is 0 Å². The average molecular weight is 506 g/mol. The van der Waals surface area contributed by atoms with Crippen molar-refractivity contribution >= 4 is 17.8 Å². The SMILES string of the molecule is O=C(COc1c(F)c(F)c(F)c(F)c1F)Oc1ccc2c(c1)O/C(=C\c1ccc3c(c1)OCO3)C2=O. The van der Waals surface area contributed by atoms with Crippen LogP contribution in [0, 0.1) is 29.1 Å². The van der Waals surface area contributed by atoms with Crippen molar-refractivity contribution in [2.45, 2.75) is 0 Å². The first-order valence-electron chi connectivity index (χ1n) is 10.1. The van der Waals surface area contributed by atoms with Crippen molar-refractivity contribution < 1.29 is 55.2 Å². The van der Waals surface area contributed by atoms with Crippen molar-refractivity contribution in [3.05, 3.63) is 82.4 Å². The van der Waals surface area contributed by atoms with E-state index in [4.69, 9.17) is 18.9 Å². The molecule has 0 N–H and O–H groups in total. The molecule has 0 bridgehead atoms. The molecule has 0 radical (unpaired) electrons. The quantitative estimate of drug-likeness (QED) is 0.124. The summed E-state index contributed by atoms with van der Waals surface area (Å²) >= 11 is 0. The molecule has 0 saturated heterocycles. The zero-order chi connectivity index (χ0) is 25.6. The van der Waals surface area contributed by atoms with E-state index in [0.717, 1.165) is 0 Å². The van der Waals surface area contributed by atoms with Crippen LogP contribution in [0.1, 0.15) is 15.9 Å². The van der Waals surface area contributed by atoms with E-state index in [1.807, 2.05) is 0 Å². The normalized spacial score (nSPS) is 14.6. The van der Waals surface area contributed by atoms with Gasteiger partial charge < -0.3 is 23.7 Å². The van der Waals surface area contributed by atoms with Crippen molar-refractivity contribution in [1.82, 2.24) is 0 Å². The fraction of sp³-hybridized carbons (Fsp3) is 0.0833. The number of hydrogen-bond donors (Lipinski definition) is 0. The summed E-state index contributed by atoms with van der Waals surface area (Å²) in [5.74, 6) is -13.5. The van der Waals surface area contributed by atoms with Gasteiger partial charge in [-0.05, 0) is 35.9 Å². The molecule has 36 heavy (non-hydrogen) atoms. The fourth-order valence-corrected chi connectivity index (χ4v) is 3.39. The summed E-state index contributed by atoms with van der Waals surface area (Å²) in [5, 5.41) is 0. The summed E-state index contributed by atoms with van der Waals surface area (Å²) in [5.41, 5.74) is 0.784. The van der Waals surface area contributed by atoms with Gasteiger partial charge in [0.15, 0.2) is 29.6 Å². The predicted molar refractivity (Wildman–Crippen MR) is 109 cm³/mol. The zero-order valence-corrected chi connectivity index (χ0v) is 17.7. The molecule has 2 aliphatic heterocycles. The number of Topliss-reactive ketones (excluding diaryl/α,β-unsaturated/α-hetero) is 1. The van der Waals surface area contributed by atoms with Gasteiger partial charge in [0.25, 0.3) is 0 Å². The molecule has 0 unspecified atom stereocenters. The Morgan fingerprint density at radius 2 is 1.56 bits per heavy atom. The van der Waals surface area contributed by atoms with Crippen LogP contribution in [0.5, 0.6) is 28.7 Å². The van der Waals surface area contributed by atoms with Crippen molar-refractivity contribution in [2.75, 3.05) is 13.4 Å². The molecule has 5 rings (SSSR count). The fourth-order valence-electron chi connectivity index (χ4n) is 3.39. The number of allylic oxidation sites excluding steroid dienone is 1. The highest BCUT2D eigenvalue weighted by atomic mass is 19.2. The van der Waals surface area contributed by atoms with Gasteiger partial charge in [0.1, 0.15) is 11.5 Å². The van der Waals surface area contributed by atoms with Gasteiger partial charge in [-0.1, -0.05) is 6.07 Å². The number of carbonyl (C=O) groups is 2. The second kappa shape index (κ2) is 8.87. The molecule has 0 amide bonds. The maximum Gasteiger partial charge on any atom is 0.349 e. The minimum absolute atomic E-state index is 0.0120. The van der Waals surface area contributed by atoms with Gasteiger partial charge in [-0.25, -0.2) is 18.0 Å². The Labute approximate surface area is 198 Å². The van der Waals surface area contributed by atoms with Gasteiger partial charge in [0.2, 0.25) is 41.7 Å². The maximum atomic E-state index is 13.7. The predicted octanol–water partition coefficient (Wildman–Crippen LogP) is 4.71. The third-order valence-electron chi connectivity index (χ3n) is 5.07. The highest BCUT2D eigenvalue weighted by Crippen LogP contribution is 2.37. The van der Waals surface area contributed by atoms with Crippen LogP contribution in [0.3, 0.4) is 0 Å². The summed E-state index contributed by atoms with van der Waals surface area (Å²) in [6, 6.07) is 8.81. The van der Waals surface area contributed by atoms with Crippen molar-refractivity contribution in [3.8, 4) is 28.7 Å². The van der Waals surface area contributed by atoms with Gasteiger partial charge in [-0.3, -0.25) is 4.79 Å². The van der Waals surface area contributed by atoms with E-state index < -0.39 is 53.2 Å². The molecule has 0 saturated carbocycles. The monoisotopic (exact) mass is 506 g/mol. The lowest BCUT2D eigenvalue weighted by atomic mass is 10.1. The third kappa shape index (κ3) is 4.06. The molecule has 2 aliphatic rings. The molecular weight excluding hydrogens is 495 g/mol. The smallest absolute Gasteiger partial charge is 0.349 e. The first kappa shape index (κ1) is 23.1. The molecule has 0 atom stereocenters. The molecule has 0 fully saturated rings. The van der Waals surface area contributed by atoms with Crippen molar-refractivity contribution in [2.24, 2.45) is 0 Å².